The Balaban J connectivity index is 1.70. The number of Topliss-reactive ketones (excluding diaryl/α,β-unsaturated/α-hetero) is 2. The molecule has 8 nitrogen and oxygen atoms in total. The minimum Gasteiger partial charge on any atom is -0.493 e. The quantitative estimate of drug-likeness (QED) is 0.308. The van der Waals surface area contributed by atoms with Crippen LogP contribution < -0.4 is 8.92 Å². The molecule has 0 atom stereocenters. The number of halogens is 1. The lowest BCUT2D eigenvalue weighted by atomic mass is 9.63. The van der Waals surface area contributed by atoms with Crippen LogP contribution in [-0.2, 0) is 24.4 Å². The van der Waals surface area contributed by atoms with E-state index in [0.717, 1.165) is 11.4 Å². The molecule has 0 amide bonds. The van der Waals surface area contributed by atoms with Crippen LogP contribution in [0.2, 0.25) is 5.02 Å². The van der Waals surface area contributed by atoms with Crippen LogP contribution in [-0.4, -0.2) is 52.3 Å². The monoisotopic (exact) mass is 627 g/mol. The highest BCUT2D eigenvalue weighted by Gasteiger charge is 2.49. The molecular formula is C33H38ClNO7S. The average molecular weight is 628 g/mol. The topological polar surface area (TPSA) is 99.2 Å². The molecule has 0 radical (unpaired) electrons. The number of methoxy groups -OCH3 is 2. The first-order valence-corrected chi connectivity index (χ1v) is 16.1. The fourth-order valence-electron chi connectivity index (χ4n) is 6.57. The Labute approximate surface area is 258 Å². The first-order valence-electron chi connectivity index (χ1n) is 14.3. The molecule has 0 spiro atoms. The third-order valence-electron chi connectivity index (χ3n) is 8.35. The predicted molar refractivity (Wildman–Crippen MR) is 164 cm³/mol. The number of benzene rings is 2. The summed E-state index contributed by atoms with van der Waals surface area (Å²) >= 11 is 6.74. The molecule has 2 aliphatic carbocycles. The second kappa shape index (κ2) is 11.4. The van der Waals surface area contributed by atoms with Crippen LogP contribution in [0.3, 0.4) is 0 Å². The Morgan fingerprint density at radius 2 is 1.44 bits per heavy atom. The van der Waals surface area contributed by atoms with Crippen molar-refractivity contribution in [3.63, 3.8) is 0 Å². The Kier molecular flexibility index (Phi) is 8.31. The highest BCUT2D eigenvalue weighted by atomic mass is 35.5. The lowest BCUT2D eigenvalue weighted by molar-refractivity contribution is -0.119. The Morgan fingerprint density at radius 3 is 1.95 bits per heavy atom. The van der Waals surface area contributed by atoms with Gasteiger partial charge in [0.2, 0.25) is 5.75 Å². The number of ketones is 2. The zero-order chi connectivity index (χ0) is 31.3. The van der Waals surface area contributed by atoms with Crippen LogP contribution in [0.1, 0.15) is 64.9 Å². The maximum atomic E-state index is 14.0. The molecule has 1 heterocycles. The number of rotatable bonds is 8. The maximum Gasteiger partial charge on any atom is 0.339 e. The molecule has 0 bridgehead atoms. The van der Waals surface area contributed by atoms with Crippen molar-refractivity contribution in [1.29, 1.82) is 0 Å². The molecule has 0 N–H and O–H groups in total. The van der Waals surface area contributed by atoms with Gasteiger partial charge in [0.1, 0.15) is 4.90 Å². The summed E-state index contributed by atoms with van der Waals surface area (Å²) in [5.74, 6) is -0.803. The highest BCUT2D eigenvalue weighted by molar-refractivity contribution is 7.87. The van der Waals surface area contributed by atoms with Gasteiger partial charge in [0.25, 0.3) is 0 Å². The minimum absolute atomic E-state index is 0.00727. The van der Waals surface area contributed by atoms with E-state index in [1.54, 1.807) is 37.4 Å². The molecule has 2 aromatic carbocycles. The van der Waals surface area contributed by atoms with Gasteiger partial charge in [0.15, 0.2) is 17.3 Å². The van der Waals surface area contributed by atoms with Crippen LogP contribution in [0.5, 0.6) is 11.5 Å². The maximum absolute atomic E-state index is 14.0. The van der Waals surface area contributed by atoms with Crippen LogP contribution in [0.15, 0.2) is 69.9 Å². The summed E-state index contributed by atoms with van der Waals surface area (Å²) in [6, 6.07) is 11.0. The van der Waals surface area contributed by atoms with Gasteiger partial charge in [-0.25, -0.2) is 0 Å². The lowest BCUT2D eigenvalue weighted by Gasteiger charge is -2.49. The minimum atomic E-state index is -4.21. The molecule has 230 valence electrons. The molecular weight excluding hydrogens is 590 g/mol. The highest BCUT2D eigenvalue weighted by Crippen LogP contribution is 2.55. The number of nitrogens with zero attached hydrogens (tertiary/aromatic N) is 1. The Hall–Kier alpha value is -3.14. The van der Waals surface area contributed by atoms with E-state index in [1.165, 1.54) is 19.2 Å². The molecule has 1 aliphatic heterocycles. The second-order valence-corrected chi connectivity index (χ2v) is 15.0. The van der Waals surface area contributed by atoms with Crippen LogP contribution in [0, 0.1) is 10.8 Å². The van der Waals surface area contributed by atoms with Gasteiger partial charge in [-0.05, 0) is 53.5 Å². The summed E-state index contributed by atoms with van der Waals surface area (Å²) in [6.45, 7) is 9.27. The number of carbonyl (C=O) groups excluding carboxylic acids is 2. The van der Waals surface area contributed by atoms with Crippen molar-refractivity contribution in [2.75, 3.05) is 27.4 Å². The van der Waals surface area contributed by atoms with Gasteiger partial charge in [-0.15, -0.1) is 0 Å². The summed E-state index contributed by atoms with van der Waals surface area (Å²) in [7, 11) is -1.18. The fraction of sp³-hybridized carbons (Fsp3) is 0.455. The van der Waals surface area contributed by atoms with E-state index in [1.807, 2.05) is 0 Å². The van der Waals surface area contributed by atoms with Crippen LogP contribution in [0.25, 0.3) is 0 Å². The smallest absolute Gasteiger partial charge is 0.339 e. The summed E-state index contributed by atoms with van der Waals surface area (Å²) in [6.07, 6.45) is 1.98. The van der Waals surface area contributed by atoms with E-state index < -0.39 is 16.0 Å². The molecule has 0 unspecified atom stereocenters. The van der Waals surface area contributed by atoms with E-state index in [0.29, 0.717) is 55.5 Å². The normalized spacial score (nSPS) is 20.2. The van der Waals surface area contributed by atoms with Crippen LogP contribution in [0.4, 0.5) is 0 Å². The second-order valence-electron chi connectivity index (χ2n) is 13.1. The van der Waals surface area contributed by atoms with Crippen molar-refractivity contribution >= 4 is 33.3 Å². The molecule has 43 heavy (non-hydrogen) atoms. The zero-order valence-electron chi connectivity index (χ0n) is 25.5. The van der Waals surface area contributed by atoms with Crippen molar-refractivity contribution in [1.82, 2.24) is 4.90 Å². The van der Waals surface area contributed by atoms with E-state index >= 15 is 0 Å². The molecule has 2 aromatic rings. The van der Waals surface area contributed by atoms with Gasteiger partial charge < -0.3 is 18.6 Å². The van der Waals surface area contributed by atoms with Gasteiger partial charge in [-0.3, -0.25) is 9.59 Å². The van der Waals surface area contributed by atoms with Gasteiger partial charge in [0.05, 0.1) is 18.7 Å². The summed E-state index contributed by atoms with van der Waals surface area (Å²) in [4.78, 5) is 30.1. The van der Waals surface area contributed by atoms with Gasteiger partial charge in [-0.1, -0.05) is 57.5 Å². The molecule has 0 saturated carbocycles. The number of ether oxygens (including phenoxy) is 2. The first kappa shape index (κ1) is 31.3. The SMILES string of the molecule is COCCN1C2=C(C(=O)CC(C)(C)C2)C(c2cc(Cl)c(OS(=O)(=O)c3ccccc3)c(OC)c2)C2=C1CC(C)(C)CC2=O. The Bertz CT molecular complexity index is 1590. The number of carbonyl (C=O) groups is 2. The van der Waals surface area contributed by atoms with Crippen molar-refractivity contribution in [3.8, 4) is 11.5 Å². The van der Waals surface area contributed by atoms with E-state index in [4.69, 9.17) is 25.3 Å². The van der Waals surface area contributed by atoms with Gasteiger partial charge >= 0.3 is 10.1 Å². The van der Waals surface area contributed by atoms with Crippen molar-refractivity contribution in [3.05, 3.63) is 75.6 Å². The average Bonchev–Trinajstić information content (AvgIpc) is 2.91. The van der Waals surface area contributed by atoms with Gasteiger partial charge in [0, 0.05) is 55.0 Å². The molecule has 0 fully saturated rings. The van der Waals surface area contributed by atoms with E-state index in [2.05, 4.69) is 32.6 Å². The Morgan fingerprint density at radius 1 is 0.884 bits per heavy atom. The predicted octanol–water partition coefficient (Wildman–Crippen LogP) is 6.45. The summed E-state index contributed by atoms with van der Waals surface area (Å²) in [5.41, 5.74) is 2.98. The first-order chi connectivity index (χ1) is 20.2. The van der Waals surface area contributed by atoms with E-state index in [9.17, 15) is 18.0 Å². The van der Waals surface area contributed by atoms with Gasteiger partial charge in [-0.2, -0.15) is 8.42 Å². The zero-order valence-corrected chi connectivity index (χ0v) is 27.0. The third-order valence-corrected chi connectivity index (χ3v) is 9.87. The third kappa shape index (κ3) is 5.99. The number of hydrogen-bond donors (Lipinski definition) is 0. The molecule has 3 aliphatic rings. The van der Waals surface area contributed by atoms with Crippen molar-refractivity contribution in [2.45, 2.75) is 64.2 Å². The molecule has 0 aromatic heterocycles. The molecule has 10 heteroatoms. The lowest BCUT2D eigenvalue weighted by Crippen LogP contribution is -2.45. The largest absolute Gasteiger partial charge is 0.493 e. The fourth-order valence-corrected chi connectivity index (χ4v) is 7.85. The van der Waals surface area contributed by atoms with Crippen molar-refractivity contribution < 1.29 is 31.7 Å². The van der Waals surface area contributed by atoms with E-state index in [-0.39, 0.29) is 43.8 Å². The summed E-state index contributed by atoms with van der Waals surface area (Å²) in [5, 5.41) is -0.00727. The van der Waals surface area contributed by atoms with Crippen LogP contribution >= 0.6 is 11.6 Å². The molecule has 5 rings (SSSR count). The van der Waals surface area contributed by atoms with Crippen molar-refractivity contribution in [2.24, 2.45) is 10.8 Å². The standard InChI is InChI=1S/C33H38ClNO7S/c1-32(2)16-23-29(25(36)18-32)28(30-24(35(23)12-13-40-5)17-33(3,4)19-26(30)37)20-14-22(34)31(27(15-20)41-6)42-43(38,39)21-10-8-7-9-11-21/h7-11,14-15,28H,12-13,16-19H2,1-6H3. The summed E-state index contributed by atoms with van der Waals surface area (Å²) < 4.78 is 42.7. The number of hydrogen-bond acceptors (Lipinski definition) is 8. The number of allylic oxidation sites excluding steroid dienone is 4. The molecule has 0 saturated heterocycles.